The van der Waals surface area contributed by atoms with Crippen molar-refractivity contribution in [1.29, 1.82) is 0 Å². The van der Waals surface area contributed by atoms with Gasteiger partial charge in [-0.05, 0) is 167 Å². The number of benzene rings is 9. The highest BCUT2D eigenvalue weighted by Crippen LogP contribution is 2.55. The molecule has 1 aliphatic heterocycles. The van der Waals surface area contributed by atoms with E-state index in [-0.39, 0.29) is 11.5 Å². The molecule has 5 heteroatoms. The Hall–Kier alpha value is -7.88. The zero-order valence-electron chi connectivity index (χ0n) is 44.3. The Morgan fingerprint density at radius 3 is 2.14 bits per heavy atom. The number of nitrogens with zero attached hydrogens (tertiary/aromatic N) is 3. The number of thiol groups is 1. The summed E-state index contributed by atoms with van der Waals surface area (Å²) in [5.74, 6) is 0.371. The van der Waals surface area contributed by atoms with E-state index in [0.717, 1.165) is 38.5 Å². The topological polar surface area (TPSA) is 11.4 Å². The van der Waals surface area contributed by atoms with Gasteiger partial charge in [0.25, 0.3) is 0 Å². The van der Waals surface area contributed by atoms with Crippen LogP contribution in [0.25, 0.3) is 73.4 Å². The van der Waals surface area contributed by atoms with Gasteiger partial charge in [-0.2, -0.15) is 12.2 Å². The minimum absolute atomic E-state index is 0.0805. The summed E-state index contributed by atoms with van der Waals surface area (Å²) < 4.78 is 2.62. The molecule has 3 unspecified atom stereocenters. The van der Waals surface area contributed by atoms with Crippen LogP contribution in [0.2, 0.25) is 0 Å². The van der Waals surface area contributed by atoms with E-state index in [1.807, 2.05) is 0 Å². The Bertz CT molecular complexity index is 4190. The number of rotatable bonds is 8. The number of hydrogen-bond donors (Lipinski definition) is 1. The first-order valence-corrected chi connectivity index (χ1v) is 29.9. The zero-order chi connectivity index (χ0) is 52.5. The van der Waals surface area contributed by atoms with Crippen molar-refractivity contribution >= 4 is 77.8 Å². The van der Waals surface area contributed by atoms with Gasteiger partial charge in [-0.25, -0.2) is 0 Å². The van der Waals surface area contributed by atoms with E-state index >= 15 is 0 Å². The van der Waals surface area contributed by atoms with Crippen molar-refractivity contribution in [2.24, 2.45) is 0 Å². The molecule has 380 valence electrons. The van der Waals surface area contributed by atoms with Gasteiger partial charge in [0.15, 0.2) is 0 Å². The first-order valence-electron chi connectivity index (χ1n) is 27.9. The number of allylic oxidation sites excluding steroid dienone is 2. The molecule has 3 nitrogen and oxygen atoms in total. The van der Waals surface area contributed by atoms with Gasteiger partial charge in [0.2, 0.25) is 0 Å². The van der Waals surface area contributed by atoms with Crippen LogP contribution in [0.5, 0.6) is 0 Å². The van der Waals surface area contributed by atoms with Crippen LogP contribution in [0.15, 0.2) is 224 Å². The first kappa shape index (κ1) is 48.5. The molecular weight excluding hydrogens is 982 g/mol. The summed E-state index contributed by atoms with van der Waals surface area (Å²) in [6.45, 7) is 4.78. The molecule has 5 aliphatic rings. The molecule has 0 spiro atoms. The molecule has 15 rings (SSSR count). The average Bonchev–Trinajstić information content (AvgIpc) is 4.20. The van der Waals surface area contributed by atoms with E-state index in [0.29, 0.717) is 5.92 Å². The lowest BCUT2D eigenvalue weighted by Crippen LogP contribution is -2.35. The summed E-state index contributed by atoms with van der Waals surface area (Å²) in [5.41, 5.74) is 26.0. The molecule has 0 saturated heterocycles. The van der Waals surface area contributed by atoms with Crippen molar-refractivity contribution in [1.82, 2.24) is 4.57 Å². The van der Waals surface area contributed by atoms with E-state index in [4.69, 9.17) is 0 Å². The number of hydrogen-bond acceptors (Lipinski definition) is 3. The van der Waals surface area contributed by atoms with Gasteiger partial charge in [0, 0.05) is 67.1 Å². The van der Waals surface area contributed by atoms with Crippen LogP contribution < -0.4 is 20.2 Å². The van der Waals surface area contributed by atoms with Crippen LogP contribution in [0.3, 0.4) is 0 Å². The molecular formula is C73H62N3PS. The second-order valence-corrected chi connectivity index (χ2v) is 22.1. The molecule has 0 radical (unpaired) electrons. The molecule has 9 aromatic carbocycles. The fraction of sp³-hybridized carbons (Fsp3) is 0.151. The summed E-state index contributed by atoms with van der Waals surface area (Å²) in [4.78, 5) is 5.20. The zero-order valence-corrected chi connectivity index (χ0v) is 46.3. The van der Waals surface area contributed by atoms with Crippen molar-refractivity contribution in [3.63, 3.8) is 0 Å². The molecule has 10 aromatic rings. The lowest BCUT2D eigenvalue weighted by molar-refractivity contribution is 0.585. The third-order valence-electron chi connectivity index (χ3n) is 17.6. The highest BCUT2D eigenvalue weighted by molar-refractivity contribution is 8.31. The Morgan fingerprint density at radius 1 is 0.564 bits per heavy atom. The molecule has 0 saturated carbocycles. The molecule has 3 atom stereocenters. The molecule has 2 heterocycles. The number of fused-ring (bicyclic) bond motifs is 10. The maximum absolute atomic E-state index is 3.44. The molecule has 0 N–H and O–H groups in total. The summed E-state index contributed by atoms with van der Waals surface area (Å²) in [6, 6.07) is 80.5. The highest BCUT2D eigenvalue weighted by Gasteiger charge is 2.43. The number of aromatic nitrogens is 1. The van der Waals surface area contributed by atoms with Crippen LogP contribution in [-0.4, -0.2) is 10.6 Å². The molecule has 1 aromatic heterocycles. The number of anilines is 4. The number of para-hydroxylation sites is 4. The van der Waals surface area contributed by atoms with Crippen LogP contribution in [0.4, 0.5) is 22.7 Å². The standard InChI is InChI=1S/C73H59N3.H3PS/c1-73(2)63-35-15-11-32-61(63)71-64(73)36-21-41-70(71)76-68-39-18-14-31-59(68)62-47-49(42-43-69(62)76)50-44-51(46-52(45-50)57-33-20-34-60-58-30-13-17-38-67(58)75(72(57)60)54-26-7-4-8-27-54)56-29-12-16-37-65(56)74(53-24-5-3-6-25-53)66-40-19-23-48-22-9-10-28-55(48)66;1-2/h3-17,21-33,35-38,41-47,60,72H,18-20,34,39-40H2,1-2H3;2H,1H2. The Labute approximate surface area is 466 Å². The smallest absolute Gasteiger partial charge is 0.0663 e. The van der Waals surface area contributed by atoms with Crippen molar-refractivity contribution in [2.45, 2.75) is 69.7 Å². The largest absolute Gasteiger partial charge is 0.333 e. The molecule has 4 aliphatic carbocycles. The monoisotopic (exact) mass is 1040 g/mol. The van der Waals surface area contributed by atoms with Crippen LogP contribution in [0, 0.1) is 0 Å². The van der Waals surface area contributed by atoms with Crippen molar-refractivity contribution in [3.05, 3.63) is 268 Å². The average molecular weight is 1040 g/mol. The minimum Gasteiger partial charge on any atom is -0.333 e. The van der Waals surface area contributed by atoms with E-state index < -0.39 is 0 Å². The molecule has 0 fully saturated rings. The lowest BCUT2D eigenvalue weighted by Gasteiger charge is -2.36. The Morgan fingerprint density at radius 2 is 1.27 bits per heavy atom. The Balaban J connectivity index is 0.00000273. The first-order chi connectivity index (χ1) is 38.5. The molecule has 0 amide bonds. The van der Waals surface area contributed by atoms with Crippen LogP contribution >= 0.6 is 20.7 Å². The molecule has 78 heavy (non-hydrogen) atoms. The van der Waals surface area contributed by atoms with Gasteiger partial charge in [-0.15, -0.1) is 0 Å². The third-order valence-corrected chi connectivity index (χ3v) is 17.6. The summed E-state index contributed by atoms with van der Waals surface area (Å²) in [5, 5.41) is 3.90. The second-order valence-electron chi connectivity index (χ2n) is 22.1. The van der Waals surface area contributed by atoms with E-state index in [1.165, 1.54) is 128 Å². The van der Waals surface area contributed by atoms with Crippen LogP contribution in [-0.2, 0) is 11.8 Å². The maximum Gasteiger partial charge on any atom is 0.0663 e. The normalized spacial score (nSPS) is 17.1. The summed E-state index contributed by atoms with van der Waals surface area (Å²) in [7, 11) is 2.11. The highest BCUT2D eigenvalue weighted by atomic mass is 32.7. The SMILES string of the molecule is CC1(C)c2ccccc2-c2c(-n3c4c(c5cc(-c6cc(C7=CCCC8c9ccccc9N(c9ccccc9)C78)cc(-c7ccccc7N(C7=c8ccccc8=CCC7)c7ccccc7)c6)ccc53)C=CCC4)cccc21.PS. The fourth-order valence-electron chi connectivity index (χ4n) is 14.2. The van der Waals surface area contributed by atoms with E-state index in [1.54, 1.807) is 0 Å². The molecule has 0 bridgehead atoms. The van der Waals surface area contributed by atoms with Gasteiger partial charge in [0.1, 0.15) is 0 Å². The van der Waals surface area contributed by atoms with Gasteiger partial charge < -0.3 is 14.4 Å². The van der Waals surface area contributed by atoms with E-state index in [2.05, 4.69) is 286 Å². The van der Waals surface area contributed by atoms with Gasteiger partial charge in [-0.1, -0.05) is 186 Å². The van der Waals surface area contributed by atoms with E-state index in [9.17, 15) is 0 Å². The predicted octanol–water partition coefficient (Wildman–Crippen LogP) is 17.9. The Kier molecular flexibility index (Phi) is 12.3. The van der Waals surface area contributed by atoms with Crippen molar-refractivity contribution in [2.75, 3.05) is 9.80 Å². The van der Waals surface area contributed by atoms with Crippen molar-refractivity contribution < 1.29 is 0 Å². The predicted molar refractivity (Wildman–Crippen MR) is 338 cm³/mol. The summed E-state index contributed by atoms with van der Waals surface area (Å²) >= 11 is 3.44. The van der Waals surface area contributed by atoms with Gasteiger partial charge in [-0.3, -0.25) is 0 Å². The van der Waals surface area contributed by atoms with Crippen LogP contribution in [0.1, 0.15) is 85.4 Å². The minimum atomic E-state index is -0.0805. The maximum atomic E-state index is 3.44. The fourth-order valence-corrected chi connectivity index (χ4v) is 14.2. The van der Waals surface area contributed by atoms with Gasteiger partial charge in [0.05, 0.1) is 22.9 Å². The summed E-state index contributed by atoms with van der Waals surface area (Å²) in [6.07, 6.45) is 15.9. The third kappa shape index (κ3) is 7.82. The van der Waals surface area contributed by atoms with Gasteiger partial charge >= 0.3 is 0 Å². The second kappa shape index (κ2) is 19.8. The quantitative estimate of drug-likeness (QED) is 0.120. The lowest BCUT2D eigenvalue weighted by atomic mass is 9.78. The van der Waals surface area contributed by atoms with Crippen molar-refractivity contribution in [3.8, 4) is 39.1 Å².